The van der Waals surface area contributed by atoms with Crippen LogP contribution in [-0.2, 0) is 0 Å². The molecular weight excluding hydrogens is 166 g/mol. The molecule has 1 aromatic carbocycles. The zero-order valence-electron chi connectivity index (χ0n) is 6.86. The molecular formula is C10H11NS. The lowest BCUT2D eigenvalue weighted by Crippen LogP contribution is -1.81. The fraction of sp³-hybridized carbons (Fsp3) is 0.300. The lowest BCUT2D eigenvalue weighted by molar-refractivity contribution is 1.05. The predicted molar refractivity (Wildman–Crippen MR) is 53.3 cm³/mol. The van der Waals surface area contributed by atoms with Crippen LogP contribution in [0, 0.1) is 6.57 Å². The molecule has 0 aliphatic rings. The van der Waals surface area contributed by atoms with Gasteiger partial charge in [0.05, 0.1) is 0 Å². The van der Waals surface area contributed by atoms with Crippen LogP contribution in [-0.4, -0.2) is 12.3 Å². The highest BCUT2D eigenvalue weighted by molar-refractivity contribution is 7.99. The molecule has 0 saturated heterocycles. The van der Waals surface area contributed by atoms with Gasteiger partial charge in [0.1, 0.15) is 0 Å². The fourth-order valence-electron chi connectivity index (χ4n) is 0.850. The highest BCUT2D eigenvalue weighted by atomic mass is 32.2. The summed E-state index contributed by atoms with van der Waals surface area (Å²) in [6, 6.07) is 10.3. The zero-order chi connectivity index (χ0) is 8.65. The van der Waals surface area contributed by atoms with Gasteiger partial charge in [-0.1, -0.05) is 18.2 Å². The third-order valence-electron chi connectivity index (χ3n) is 1.43. The smallest absolute Gasteiger partial charge is 0.215 e. The summed E-state index contributed by atoms with van der Waals surface area (Å²) in [5.74, 6) is 1.05. The van der Waals surface area contributed by atoms with Gasteiger partial charge in [0.25, 0.3) is 0 Å². The Labute approximate surface area is 77.6 Å². The number of nitrogens with zero attached hydrogens (tertiary/aromatic N) is 1. The monoisotopic (exact) mass is 177 g/mol. The predicted octanol–water partition coefficient (Wildman–Crippen LogP) is 3.09. The van der Waals surface area contributed by atoms with E-state index in [9.17, 15) is 0 Å². The Balaban J connectivity index is 2.21. The Bertz CT molecular complexity index is 250. The van der Waals surface area contributed by atoms with E-state index in [0.29, 0.717) is 6.54 Å². The molecule has 1 aromatic rings. The van der Waals surface area contributed by atoms with Gasteiger partial charge >= 0.3 is 0 Å². The van der Waals surface area contributed by atoms with Crippen molar-refractivity contribution in [3.63, 3.8) is 0 Å². The highest BCUT2D eigenvalue weighted by Gasteiger charge is 1.92. The quantitative estimate of drug-likeness (QED) is 0.388. The van der Waals surface area contributed by atoms with Crippen molar-refractivity contribution in [2.75, 3.05) is 12.3 Å². The SMILES string of the molecule is [C-]#[N+]CCCSc1ccccc1. The van der Waals surface area contributed by atoms with E-state index in [4.69, 9.17) is 6.57 Å². The minimum atomic E-state index is 0.653. The minimum absolute atomic E-state index is 0.653. The van der Waals surface area contributed by atoms with Crippen molar-refractivity contribution in [3.8, 4) is 0 Å². The molecule has 1 nitrogen and oxygen atoms in total. The molecule has 0 aliphatic carbocycles. The van der Waals surface area contributed by atoms with Gasteiger partial charge in [-0.05, 0) is 12.1 Å². The summed E-state index contributed by atoms with van der Waals surface area (Å²) < 4.78 is 0. The van der Waals surface area contributed by atoms with Crippen molar-refractivity contribution in [1.82, 2.24) is 0 Å². The number of benzene rings is 1. The molecule has 0 unspecified atom stereocenters. The molecule has 12 heavy (non-hydrogen) atoms. The molecule has 0 radical (unpaired) electrons. The van der Waals surface area contributed by atoms with Crippen LogP contribution in [0.25, 0.3) is 4.85 Å². The average molecular weight is 177 g/mol. The van der Waals surface area contributed by atoms with Crippen LogP contribution in [0.15, 0.2) is 35.2 Å². The topological polar surface area (TPSA) is 4.36 Å². The van der Waals surface area contributed by atoms with Gasteiger partial charge in [-0.3, -0.25) is 0 Å². The van der Waals surface area contributed by atoms with Crippen LogP contribution in [0.5, 0.6) is 0 Å². The number of rotatable bonds is 4. The van der Waals surface area contributed by atoms with Crippen LogP contribution in [0.3, 0.4) is 0 Å². The van der Waals surface area contributed by atoms with Crippen LogP contribution in [0.1, 0.15) is 6.42 Å². The van der Waals surface area contributed by atoms with Crippen molar-refractivity contribution in [2.45, 2.75) is 11.3 Å². The zero-order valence-corrected chi connectivity index (χ0v) is 7.68. The first-order valence-electron chi connectivity index (χ1n) is 3.94. The lowest BCUT2D eigenvalue weighted by atomic mass is 10.4. The van der Waals surface area contributed by atoms with Crippen molar-refractivity contribution in [2.24, 2.45) is 0 Å². The first kappa shape index (κ1) is 9.15. The van der Waals surface area contributed by atoms with E-state index in [1.54, 1.807) is 0 Å². The molecule has 0 fully saturated rings. The number of hydrogen-bond donors (Lipinski definition) is 0. The largest absolute Gasteiger partial charge is 0.317 e. The fourth-order valence-corrected chi connectivity index (χ4v) is 1.71. The molecule has 0 aromatic heterocycles. The summed E-state index contributed by atoms with van der Waals surface area (Å²) in [6.45, 7) is 7.25. The van der Waals surface area contributed by atoms with Crippen LogP contribution in [0.4, 0.5) is 0 Å². The average Bonchev–Trinajstić information content (AvgIpc) is 2.14. The third-order valence-corrected chi connectivity index (χ3v) is 2.52. The van der Waals surface area contributed by atoms with E-state index in [1.165, 1.54) is 4.90 Å². The van der Waals surface area contributed by atoms with Crippen LogP contribution in [0.2, 0.25) is 0 Å². The second kappa shape index (κ2) is 5.68. The van der Waals surface area contributed by atoms with E-state index in [0.717, 1.165) is 12.2 Å². The van der Waals surface area contributed by atoms with Gasteiger partial charge in [-0.2, -0.15) is 0 Å². The molecule has 1 rings (SSSR count). The van der Waals surface area contributed by atoms with Gasteiger partial charge in [0.15, 0.2) is 0 Å². The second-order valence-corrected chi connectivity index (χ2v) is 3.57. The summed E-state index contributed by atoms with van der Waals surface area (Å²) >= 11 is 1.82. The van der Waals surface area contributed by atoms with Gasteiger partial charge < -0.3 is 4.85 Å². The molecule has 0 amide bonds. The van der Waals surface area contributed by atoms with E-state index < -0.39 is 0 Å². The van der Waals surface area contributed by atoms with Crippen molar-refractivity contribution >= 4 is 11.8 Å². The summed E-state index contributed by atoms with van der Waals surface area (Å²) in [5, 5.41) is 0. The molecule has 0 spiro atoms. The molecule has 0 atom stereocenters. The van der Waals surface area contributed by atoms with Gasteiger partial charge in [0.2, 0.25) is 6.54 Å². The Hall–Kier alpha value is -0.940. The number of thioether (sulfide) groups is 1. The maximum Gasteiger partial charge on any atom is 0.215 e. The van der Waals surface area contributed by atoms with Crippen LogP contribution >= 0.6 is 11.8 Å². The van der Waals surface area contributed by atoms with Gasteiger partial charge in [-0.15, -0.1) is 11.8 Å². The molecule has 0 saturated carbocycles. The lowest BCUT2D eigenvalue weighted by Gasteiger charge is -1.96. The maximum atomic E-state index is 6.60. The summed E-state index contributed by atoms with van der Waals surface area (Å²) in [5.41, 5.74) is 0. The molecule has 62 valence electrons. The molecule has 0 heterocycles. The minimum Gasteiger partial charge on any atom is -0.317 e. The highest BCUT2D eigenvalue weighted by Crippen LogP contribution is 2.17. The standard InChI is InChI=1S/C10H11NS/c1-11-8-5-9-12-10-6-3-2-4-7-10/h2-4,6-7H,5,8-9H2. The molecule has 2 heteroatoms. The second-order valence-electron chi connectivity index (χ2n) is 2.40. The normalized spacial score (nSPS) is 9.25. The van der Waals surface area contributed by atoms with Gasteiger partial charge in [0, 0.05) is 17.1 Å². The van der Waals surface area contributed by atoms with E-state index in [1.807, 2.05) is 30.0 Å². The summed E-state index contributed by atoms with van der Waals surface area (Å²) in [6.07, 6.45) is 0.989. The first-order chi connectivity index (χ1) is 5.93. The van der Waals surface area contributed by atoms with Crippen molar-refractivity contribution < 1.29 is 0 Å². The van der Waals surface area contributed by atoms with Crippen LogP contribution < -0.4 is 0 Å². The van der Waals surface area contributed by atoms with E-state index in [-0.39, 0.29) is 0 Å². The first-order valence-corrected chi connectivity index (χ1v) is 4.93. The Morgan fingerprint density at radius 1 is 1.25 bits per heavy atom. The Kier molecular flexibility index (Phi) is 4.33. The Morgan fingerprint density at radius 2 is 2.00 bits per heavy atom. The van der Waals surface area contributed by atoms with E-state index >= 15 is 0 Å². The maximum absolute atomic E-state index is 6.60. The molecule has 0 N–H and O–H groups in total. The summed E-state index contributed by atoms with van der Waals surface area (Å²) in [4.78, 5) is 4.60. The summed E-state index contributed by atoms with van der Waals surface area (Å²) in [7, 11) is 0. The van der Waals surface area contributed by atoms with Crippen molar-refractivity contribution in [3.05, 3.63) is 41.7 Å². The van der Waals surface area contributed by atoms with Crippen molar-refractivity contribution in [1.29, 1.82) is 0 Å². The third kappa shape index (κ3) is 3.45. The van der Waals surface area contributed by atoms with Gasteiger partial charge in [-0.25, -0.2) is 6.57 Å². The molecule has 0 aliphatic heterocycles. The Morgan fingerprint density at radius 3 is 2.67 bits per heavy atom. The molecule has 0 bridgehead atoms. The van der Waals surface area contributed by atoms with E-state index in [2.05, 4.69) is 17.0 Å². The number of hydrogen-bond acceptors (Lipinski definition) is 1.